The van der Waals surface area contributed by atoms with Crippen LogP contribution in [0.3, 0.4) is 0 Å². The lowest BCUT2D eigenvalue weighted by Gasteiger charge is -2.18. The van der Waals surface area contributed by atoms with Gasteiger partial charge in [0.2, 0.25) is 0 Å². The molecule has 2 N–H and O–H groups in total. The summed E-state index contributed by atoms with van der Waals surface area (Å²) < 4.78 is 0. The molecule has 0 unspecified atom stereocenters. The highest BCUT2D eigenvalue weighted by atomic mass is 32.1. The molecule has 1 rings (SSSR count). The van der Waals surface area contributed by atoms with Crippen molar-refractivity contribution in [2.24, 2.45) is 4.99 Å². The molecule has 0 aliphatic carbocycles. The molecule has 1 aromatic heterocycles. The van der Waals surface area contributed by atoms with E-state index in [-0.39, 0.29) is 0 Å². The van der Waals surface area contributed by atoms with Gasteiger partial charge in [-0.25, -0.2) is 4.99 Å². The molecule has 1 heterocycles. The first-order valence-electron chi connectivity index (χ1n) is 8.05. The van der Waals surface area contributed by atoms with Gasteiger partial charge in [0, 0.05) is 13.1 Å². The third-order valence-electron chi connectivity index (χ3n) is 3.43. The van der Waals surface area contributed by atoms with Gasteiger partial charge < -0.3 is 15.5 Å². The number of nitrogens with one attached hydrogen (secondary N) is 2. The minimum absolute atomic E-state index is 0.748. The fraction of sp³-hybridized carbons (Fsp3) is 0.688. The number of thiophene rings is 1. The minimum Gasteiger partial charge on any atom is -0.357 e. The predicted molar refractivity (Wildman–Crippen MR) is 94.2 cm³/mol. The van der Waals surface area contributed by atoms with Crippen molar-refractivity contribution in [2.45, 2.75) is 40.2 Å². The fourth-order valence-electron chi connectivity index (χ4n) is 2.10. The topological polar surface area (TPSA) is 39.7 Å². The van der Waals surface area contributed by atoms with E-state index < -0.39 is 0 Å². The van der Waals surface area contributed by atoms with Crippen LogP contribution in [0.2, 0.25) is 0 Å². The molecular weight excluding hydrogens is 280 g/mol. The summed E-state index contributed by atoms with van der Waals surface area (Å²) in [6.45, 7) is 12.7. The Morgan fingerprint density at radius 1 is 1.19 bits per heavy atom. The van der Waals surface area contributed by atoms with E-state index in [1.54, 1.807) is 11.3 Å². The van der Waals surface area contributed by atoms with E-state index in [9.17, 15) is 0 Å². The summed E-state index contributed by atoms with van der Waals surface area (Å²) in [5.41, 5.74) is 1.28. The number of hydrogen-bond donors (Lipinski definition) is 2. The highest BCUT2D eigenvalue weighted by molar-refractivity contribution is 7.07. The van der Waals surface area contributed by atoms with E-state index in [2.05, 4.69) is 58.1 Å². The Kier molecular flexibility index (Phi) is 9.91. The molecule has 0 atom stereocenters. The largest absolute Gasteiger partial charge is 0.357 e. The van der Waals surface area contributed by atoms with Gasteiger partial charge in [-0.05, 0) is 61.8 Å². The van der Waals surface area contributed by atoms with Crippen LogP contribution in [0.15, 0.2) is 21.8 Å². The van der Waals surface area contributed by atoms with Gasteiger partial charge in [0.25, 0.3) is 0 Å². The van der Waals surface area contributed by atoms with Gasteiger partial charge in [0.1, 0.15) is 0 Å². The summed E-state index contributed by atoms with van der Waals surface area (Å²) in [4.78, 5) is 7.08. The van der Waals surface area contributed by atoms with E-state index in [1.165, 1.54) is 24.9 Å². The second kappa shape index (κ2) is 11.6. The number of rotatable bonds is 10. The van der Waals surface area contributed by atoms with Gasteiger partial charge in [-0.1, -0.05) is 13.8 Å². The average Bonchev–Trinajstić information content (AvgIpc) is 3.01. The molecule has 0 radical (unpaired) electrons. The van der Waals surface area contributed by atoms with E-state index in [0.29, 0.717) is 0 Å². The Labute approximate surface area is 133 Å². The lowest BCUT2D eigenvalue weighted by Crippen LogP contribution is -2.38. The van der Waals surface area contributed by atoms with E-state index in [1.807, 2.05) is 0 Å². The Bertz CT molecular complexity index is 372. The van der Waals surface area contributed by atoms with Crippen molar-refractivity contribution in [3.63, 3.8) is 0 Å². The van der Waals surface area contributed by atoms with E-state index >= 15 is 0 Å². The lowest BCUT2D eigenvalue weighted by molar-refractivity contribution is 0.297. The highest BCUT2D eigenvalue weighted by Crippen LogP contribution is 2.06. The van der Waals surface area contributed by atoms with Crippen molar-refractivity contribution in [2.75, 3.05) is 32.7 Å². The zero-order valence-electron chi connectivity index (χ0n) is 13.7. The maximum Gasteiger partial charge on any atom is 0.191 e. The van der Waals surface area contributed by atoms with Crippen LogP contribution < -0.4 is 10.6 Å². The molecule has 0 spiro atoms. The highest BCUT2D eigenvalue weighted by Gasteiger charge is 2.00. The number of nitrogens with zero attached hydrogens (tertiary/aromatic N) is 2. The van der Waals surface area contributed by atoms with Crippen LogP contribution in [0.25, 0.3) is 0 Å². The fourth-order valence-corrected chi connectivity index (χ4v) is 2.76. The first kappa shape index (κ1) is 18.0. The normalized spacial score (nSPS) is 11.9. The van der Waals surface area contributed by atoms with Gasteiger partial charge in [0.15, 0.2) is 5.96 Å². The zero-order chi connectivity index (χ0) is 15.3. The Morgan fingerprint density at radius 2 is 2.00 bits per heavy atom. The molecule has 0 saturated carbocycles. The Morgan fingerprint density at radius 3 is 2.62 bits per heavy atom. The average molecular weight is 311 g/mol. The summed E-state index contributed by atoms with van der Waals surface area (Å²) >= 11 is 1.72. The molecule has 0 aromatic carbocycles. The van der Waals surface area contributed by atoms with Gasteiger partial charge >= 0.3 is 0 Å². The van der Waals surface area contributed by atoms with Gasteiger partial charge in [-0.3, -0.25) is 0 Å². The molecular formula is C16H30N4S. The van der Waals surface area contributed by atoms with E-state index in [4.69, 9.17) is 0 Å². The van der Waals surface area contributed by atoms with Gasteiger partial charge in [-0.2, -0.15) is 11.3 Å². The quantitative estimate of drug-likeness (QED) is 0.396. The Balaban J connectivity index is 2.23. The molecule has 4 nitrogen and oxygen atoms in total. The minimum atomic E-state index is 0.748. The van der Waals surface area contributed by atoms with Crippen LogP contribution in [-0.2, 0) is 6.54 Å². The third kappa shape index (κ3) is 8.07. The van der Waals surface area contributed by atoms with Crippen molar-refractivity contribution in [1.82, 2.24) is 15.5 Å². The van der Waals surface area contributed by atoms with Crippen LogP contribution in [-0.4, -0.2) is 43.6 Å². The third-order valence-corrected chi connectivity index (χ3v) is 4.16. The molecule has 0 aliphatic heterocycles. The lowest BCUT2D eigenvalue weighted by atomic mass is 10.3. The summed E-state index contributed by atoms with van der Waals surface area (Å²) in [5.74, 6) is 0.923. The second-order valence-corrected chi connectivity index (χ2v) is 5.77. The molecule has 0 saturated heterocycles. The second-order valence-electron chi connectivity index (χ2n) is 4.99. The monoisotopic (exact) mass is 310 g/mol. The SMILES string of the molecule is CCNC(=NCc1ccsc1)NCCCCN(CC)CC. The summed E-state index contributed by atoms with van der Waals surface area (Å²) in [6, 6.07) is 2.13. The van der Waals surface area contributed by atoms with Crippen LogP contribution >= 0.6 is 11.3 Å². The van der Waals surface area contributed by atoms with E-state index in [0.717, 1.165) is 38.7 Å². The number of guanidine groups is 1. The summed E-state index contributed by atoms with van der Waals surface area (Å²) in [5, 5.41) is 11.0. The van der Waals surface area contributed by atoms with Crippen LogP contribution in [0.5, 0.6) is 0 Å². The van der Waals surface area contributed by atoms with Crippen LogP contribution in [0, 0.1) is 0 Å². The van der Waals surface area contributed by atoms with Crippen molar-refractivity contribution in [3.05, 3.63) is 22.4 Å². The van der Waals surface area contributed by atoms with Crippen LogP contribution in [0.4, 0.5) is 0 Å². The number of hydrogen-bond acceptors (Lipinski definition) is 3. The van der Waals surface area contributed by atoms with Gasteiger partial charge in [0.05, 0.1) is 6.54 Å². The maximum absolute atomic E-state index is 4.61. The summed E-state index contributed by atoms with van der Waals surface area (Å²) in [7, 11) is 0. The molecule has 21 heavy (non-hydrogen) atoms. The zero-order valence-corrected chi connectivity index (χ0v) is 14.5. The molecule has 5 heteroatoms. The smallest absolute Gasteiger partial charge is 0.191 e. The van der Waals surface area contributed by atoms with Crippen molar-refractivity contribution >= 4 is 17.3 Å². The molecule has 0 amide bonds. The molecule has 1 aromatic rings. The Hall–Kier alpha value is -1.07. The van der Waals surface area contributed by atoms with Crippen LogP contribution in [0.1, 0.15) is 39.2 Å². The van der Waals surface area contributed by atoms with Crippen molar-refractivity contribution < 1.29 is 0 Å². The first-order valence-corrected chi connectivity index (χ1v) is 9.00. The molecule has 0 fully saturated rings. The number of aliphatic imine (C=N–C) groups is 1. The maximum atomic E-state index is 4.61. The van der Waals surface area contributed by atoms with Crippen molar-refractivity contribution in [3.8, 4) is 0 Å². The molecule has 0 bridgehead atoms. The predicted octanol–water partition coefficient (Wildman–Crippen LogP) is 2.93. The number of unbranched alkanes of at least 4 members (excludes halogenated alkanes) is 1. The molecule has 0 aliphatic rings. The standard InChI is InChI=1S/C16H30N4S/c1-4-17-16(19-13-15-9-12-21-14-15)18-10-7-8-11-20(5-2)6-3/h9,12,14H,4-8,10-11,13H2,1-3H3,(H2,17,18,19). The molecule has 120 valence electrons. The van der Waals surface area contributed by atoms with Crippen molar-refractivity contribution in [1.29, 1.82) is 0 Å². The first-order chi connectivity index (χ1) is 10.3. The summed E-state index contributed by atoms with van der Waals surface area (Å²) in [6.07, 6.45) is 2.41. The van der Waals surface area contributed by atoms with Gasteiger partial charge in [-0.15, -0.1) is 0 Å².